The summed E-state index contributed by atoms with van der Waals surface area (Å²) < 4.78 is 0. The average Bonchev–Trinajstić information content (AvgIpc) is 2.42. The molecule has 2 heterocycles. The minimum absolute atomic E-state index is 0.260. The van der Waals surface area contributed by atoms with E-state index >= 15 is 0 Å². The van der Waals surface area contributed by atoms with Crippen LogP contribution in [0.5, 0.6) is 0 Å². The molecule has 5 heteroatoms. The van der Waals surface area contributed by atoms with Crippen LogP contribution >= 0.6 is 0 Å². The van der Waals surface area contributed by atoms with Crippen molar-refractivity contribution in [2.75, 3.05) is 18.6 Å². The number of piperidine rings is 1. The van der Waals surface area contributed by atoms with E-state index in [1.54, 1.807) is 6.20 Å². The van der Waals surface area contributed by atoms with Crippen molar-refractivity contribution in [3.8, 4) is 0 Å². The Morgan fingerprint density at radius 3 is 3.17 bits per heavy atom. The molecule has 1 aliphatic rings. The summed E-state index contributed by atoms with van der Waals surface area (Å²) in [5, 5.41) is 9.13. The SMILES string of the molecule is NNc1ncccc1CN1CCCCC1CCO. The normalized spacial score (nSPS) is 20.9. The van der Waals surface area contributed by atoms with Gasteiger partial charge >= 0.3 is 0 Å². The van der Waals surface area contributed by atoms with Crippen molar-refractivity contribution < 1.29 is 5.11 Å². The Balaban J connectivity index is 2.05. The van der Waals surface area contributed by atoms with Crippen LogP contribution < -0.4 is 11.3 Å². The molecule has 100 valence electrons. The number of nitrogen functional groups attached to an aromatic ring is 1. The zero-order chi connectivity index (χ0) is 12.8. The van der Waals surface area contributed by atoms with Gasteiger partial charge in [0, 0.05) is 31.0 Å². The van der Waals surface area contributed by atoms with Gasteiger partial charge in [-0.25, -0.2) is 10.8 Å². The molecule has 2 rings (SSSR count). The maximum atomic E-state index is 9.13. The Bertz CT molecular complexity index is 370. The number of pyridine rings is 1. The quantitative estimate of drug-likeness (QED) is 0.539. The fourth-order valence-corrected chi connectivity index (χ4v) is 2.66. The molecule has 5 nitrogen and oxygen atoms in total. The van der Waals surface area contributed by atoms with Gasteiger partial charge in [0.1, 0.15) is 5.82 Å². The van der Waals surface area contributed by atoms with Gasteiger partial charge in [0.25, 0.3) is 0 Å². The summed E-state index contributed by atoms with van der Waals surface area (Å²) in [5.74, 6) is 6.22. The number of hydrogen-bond donors (Lipinski definition) is 3. The molecule has 0 aliphatic carbocycles. The maximum absolute atomic E-state index is 9.13. The van der Waals surface area contributed by atoms with E-state index in [1.165, 1.54) is 19.3 Å². The first-order valence-corrected chi connectivity index (χ1v) is 6.60. The second-order valence-electron chi connectivity index (χ2n) is 4.79. The molecular weight excluding hydrogens is 228 g/mol. The Morgan fingerprint density at radius 2 is 2.39 bits per heavy atom. The molecule has 0 saturated carbocycles. The predicted molar refractivity (Wildman–Crippen MR) is 71.8 cm³/mol. The van der Waals surface area contributed by atoms with Crippen molar-refractivity contribution in [2.24, 2.45) is 5.84 Å². The largest absolute Gasteiger partial charge is 0.396 e. The van der Waals surface area contributed by atoms with Gasteiger partial charge in [-0.05, 0) is 31.9 Å². The molecule has 1 aromatic heterocycles. The van der Waals surface area contributed by atoms with E-state index in [0.717, 1.165) is 30.9 Å². The van der Waals surface area contributed by atoms with Crippen LogP contribution in [-0.4, -0.2) is 34.2 Å². The Hall–Kier alpha value is -1.17. The molecule has 1 fully saturated rings. The summed E-state index contributed by atoms with van der Waals surface area (Å²) in [5.41, 5.74) is 3.76. The summed E-state index contributed by atoms with van der Waals surface area (Å²) in [4.78, 5) is 6.65. The molecule has 0 radical (unpaired) electrons. The van der Waals surface area contributed by atoms with Crippen LogP contribution in [-0.2, 0) is 6.54 Å². The first-order chi connectivity index (χ1) is 8.85. The van der Waals surface area contributed by atoms with Crippen LogP contribution in [0.3, 0.4) is 0 Å². The molecule has 4 N–H and O–H groups in total. The number of hydrazine groups is 1. The number of aliphatic hydroxyl groups excluding tert-OH is 1. The third-order valence-electron chi connectivity index (χ3n) is 3.61. The highest BCUT2D eigenvalue weighted by Gasteiger charge is 2.22. The maximum Gasteiger partial charge on any atom is 0.144 e. The number of hydrogen-bond acceptors (Lipinski definition) is 5. The van der Waals surface area contributed by atoms with Crippen molar-refractivity contribution in [3.05, 3.63) is 23.9 Å². The molecule has 1 unspecified atom stereocenters. The molecular formula is C13H22N4O. The Labute approximate surface area is 108 Å². The Morgan fingerprint density at radius 1 is 1.50 bits per heavy atom. The summed E-state index contributed by atoms with van der Waals surface area (Å²) in [6, 6.07) is 4.46. The summed E-state index contributed by atoms with van der Waals surface area (Å²) in [6.07, 6.45) is 6.25. The smallest absolute Gasteiger partial charge is 0.144 e. The topological polar surface area (TPSA) is 74.4 Å². The minimum atomic E-state index is 0.260. The second-order valence-corrected chi connectivity index (χ2v) is 4.79. The van der Waals surface area contributed by atoms with Gasteiger partial charge in [0.05, 0.1) is 0 Å². The molecule has 1 atom stereocenters. The number of nitrogens with one attached hydrogen (secondary N) is 1. The molecule has 1 saturated heterocycles. The van der Waals surface area contributed by atoms with E-state index in [-0.39, 0.29) is 6.61 Å². The lowest BCUT2D eigenvalue weighted by atomic mass is 9.99. The van der Waals surface area contributed by atoms with Crippen LogP contribution in [0.1, 0.15) is 31.2 Å². The van der Waals surface area contributed by atoms with Crippen molar-refractivity contribution in [1.29, 1.82) is 0 Å². The van der Waals surface area contributed by atoms with Crippen molar-refractivity contribution in [3.63, 3.8) is 0 Å². The fraction of sp³-hybridized carbons (Fsp3) is 0.615. The predicted octanol–water partition coefficient (Wildman–Crippen LogP) is 1.10. The number of aromatic nitrogens is 1. The first kappa shape index (κ1) is 13.3. The highest BCUT2D eigenvalue weighted by Crippen LogP contribution is 2.23. The summed E-state index contributed by atoms with van der Waals surface area (Å²) in [6.45, 7) is 2.19. The summed E-state index contributed by atoms with van der Waals surface area (Å²) in [7, 11) is 0. The lowest BCUT2D eigenvalue weighted by molar-refractivity contribution is 0.112. The van der Waals surface area contributed by atoms with Crippen molar-refractivity contribution in [2.45, 2.75) is 38.3 Å². The fourth-order valence-electron chi connectivity index (χ4n) is 2.66. The monoisotopic (exact) mass is 250 g/mol. The third-order valence-corrected chi connectivity index (χ3v) is 3.61. The molecule has 0 spiro atoms. The average molecular weight is 250 g/mol. The van der Waals surface area contributed by atoms with Gasteiger partial charge in [-0.15, -0.1) is 0 Å². The second kappa shape index (κ2) is 6.68. The van der Waals surface area contributed by atoms with Gasteiger partial charge in [0.15, 0.2) is 0 Å². The highest BCUT2D eigenvalue weighted by molar-refractivity contribution is 5.42. The van der Waals surface area contributed by atoms with E-state index in [1.807, 2.05) is 12.1 Å². The van der Waals surface area contributed by atoms with Gasteiger partial charge < -0.3 is 10.5 Å². The molecule has 0 bridgehead atoms. The standard InChI is InChI=1S/C13H22N4O/c14-16-13-11(4-3-7-15-13)10-17-8-2-1-5-12(17)6-9-18/h3-4,7,12,18H,1-2,5-6,8-10,14H2,(H,15,16). The number of aliphatic hydroxyl groups is 1. The molecule has 0 aromatic carbocycles. The Kier molecular flexibility index (Phi) is 4.92. The van der Waals surface area contributed by atoms with E-state index in [2.05, 4.69) is 15.3 Å². The van der Waals surface area contributed by atoms with Gasteiger partial charge in [-0.1, -0.05) is 12.5 Å². The van der Waals surface area contributed by atoms with Crippen LogP contribution in [0, 0.1) is 0 Å². The summed E-state index contributed by atoms with van der Waals surface area (Å²) >= 11 is 0. The number of anilines is 1. The minimum Gasteiger partial charge on any atom is -0.396 e. The van der Waals surface area contributed by atoms with Crippen molar-refractivity contribution >= 4 is 5.82 Å². The van der Waals surface area contributed by atoms with Crippen LogP contribution in [0.15, 0.2) is 18.3 Å². The first-order valence-electron chi connectivity index (χ1n) is 6.60. The van der Waals surface area contributed by atoms with Crippen molar-refractivity contribution in [1.82, 2.24) is 9.88 Å². The molecule has 0 amide bonds. The number of nitrogens with two attached hydrogens (primary N) is 1. The molecule has 18 heavy (non-hydrogen) atoms. The van der Waals surface area contributed by atoms with Gasteiger partial charge in [-0.2, -0.15) is 0 Å². The van der Waals surface area contributed by atoms with E-state index in [0.29, 0.717) is 6.04 Å². The zero-order valence-electron chi connectivity index (χ0n) is 10.7. The number of nitrogens with zero attached hydrogens (tertiary/aromatic N) is 2. The van der Waals surface area contributed by atoms with Crippen LogP contribution in [0.25, 0.3) is 0 Å². The van der Waals surface area contributed by atoms with Crippen LogP contribution in [0.4, 0.5) is 5.82 Å². The lowest BCUT2D eigenvalue weighted by Gasteiger charge is -2.35. The highest BCUT2D eigenvalue weighted by atomic mass is 16.3. The van der Waals surface area contributed by atoms with E-state index < -0.39 is 0 Å². The van der Waals surface area contributed by atoms with E-state index in [9.17, 15) is 0 Å². The number of rotatable bonds is 5. The zero-order valence-corrected chi connectivity index (χ0v) is 10.7. The van der Waals surface area contributed by atoms with Crippen LogP contribution in [0.2, 0.25) is 0 Å². The molecule has 1 aromatic rings. The van der Waals surface area contributed by atoms with Gasteiger partial charge in [0.2, 0.25) is 0 Å². The van der Waals surface area contributed by atoms with Gasteiger partial charge in [-0.3, -0.25) is 4.90 Å². The lowest BCUT2D eigenvalue weighted by Crippen LogP contribution is -2.39. The molecule has 1 aliphatic heterocycles. The third kappa shape index (κ3) is 3.19. The number of likely N-dealkylation sites (tertiary alicyclic amines) is 1. The van der Waals surface area contributed by atoms with E-state index in [4.69, 9.17) is 10.9 Å².